The highest BCUT2D eigenvalue weighted by atomic mass is 35.5. The molecule has 0 amide bonds. The summed E-state index contributed by atoms with van der Waals surface area (Å²) in [7, 11) is 0. The molecule has 2 aromatic carbocycles. The Bertz CT molecular complexity index is 616. The lowest BCUT2D eigenvalue weighted by Gasteiger charge is -2.16. The van der Waals surface area contributed by atoms with E-state index in [-0.39, 0.29) is 0 Å². The molecule has 1 atom stereocenters. The molecule has 2 N–H and O–H groups in total. The smallest absolute Gasteiger partial charge is 0.0977 e. The van der Waals surface area contributed by atoms with Crippen molar-refractivity contribution in [2.75, 3.05) is 11.9 Å². The molecule has 0 aliphatic rings. The molecule has 0 radical (unpaired) electrons. The van der Waals surface area contributed by atoms with Gasteiger partial charge < -0.3 is 10.4 Å². The van der Waals surface area contributed by atoms with Crippen LogP contribution in [0.2, 0.25) is 15.1 Å². The molecule has 106 valence electrons. The van der Waals surface area contributed by atoms with Gasteiger partial charge in [0.25, 0.3) is 0 Å². The van der Waals surface area contributed by atoms with Gasteiger partial charge in [0.15, 0.2) is 0 Å². The predicted octanol–water partition coefficient (Wildman–Crippen LogP) is 5.10. The number of anilines is 1. The molecule has 0 aliphatic carbocycles. The molecule has 20 heavy (non-hydrogen) atoms. The van der Waals surface area contributed by atoms with Crippen molar-refractivity contribution in [2.45, 2.75) is 13.0 Å². The summed E-state index contributed by atoms with van der Waals surface area (Å²) in [6.45, 7) is 2.26. The second kappa shape index (κ2) is 6.68. The molecule has 2 aromatic rings. The zero-order valence-corrected chi connectivity index (χ0v) is 13.1. The number of rotatable bonds is 4. The first-order valence-electron chi connectivity index (χ1n) is 6.10. The first-order valence-corrected chi connectivity index (χ1v) is 7.24. The number of halogens is 3. The Morgan fingerprint density at radius 1 is 1.05 bits per heavy atom. The van der Waals surface area contributed by atoms with Crippen LogP contribution in [0.3, 0.4) is 0 Å². The van der Waals surface area contributed by atoms with Crippen LogP contribution in [0, 0.1) is 6.92 Å². The van der Waals surface area contributed by atoms with E-state index in [1.54, 1.807) is 18.2 Å². The summed E-state index contributed by atoms with van der Waals surface area (Å²) < 4.78 is 0. The van der Waals surface area contributed by atoms with Crippen molar-refractivity contribution in [3.63, 3.8) is 0 Å². The number of hydrogen-bond donors (Lipinski definition) is 2. The van der Waals surface area contributed by atoms with E-state index >= 15 is 0 Å². The van der Waals surface area contributed by atoms with Crippen molar-refractivity contribution in [1.82, 2.24) is 0 Å². The average molecular weight is 331 g/mol. The first-order chi connectivity index (χ1) is 9.47. The van der Waals surface area contributed by atoms with Crippen molar-refractivity contribution in [3.05, 3.63) is 62.6 Å². The summed E-state index contributed by atoms with van der Waals surface area (Å²) in [4.78, 5) is 0. The van der Waals surface area contributed by atoms with Crippen LogP contribution >= 0.6 is 34.8 Å². The van der Waals surface area contributed by atoms with Crippen LogP contribution in [-0.2, 0) is 0 Å². The fourth-order valence-electron chi connectivity index (χ4n) is 1.85. The van der Waals surface area contributed by atoms with Gasteiger partial charge >= 0.3 is 0 Å². The van der Waals surface area contributed by atoms with Gasteiger partial charge in [0, 0.05) is 22.2 Å². The quantitative estimate of drug-likeness (QED) is 0.817. The zero-order chi connectivity index (χ0) is 14.7. The number of aliphatic hydroxyl groups excluding tert-OH is 1. The van der Waals surface area contributed by atoms with Crippen molar-refractivity contribution in [1.29, 1.82) is 0 Å². The Labute approximate surface area is 133 Å². The SMILES string of the molecule is Cc1ccc(NCC(O)c2cc(Cl)ccc2Cl)c(Cl)c1. The lowest BCUT2D eigenvalue weighted by atomic mass is 10.1. The molecule has 2 rings (SSSR count). The summed E-state index contributed by atoms with van der Waals surface area (Å²) >= 11 is 18.1. The van der Waals surface area contributed by atoms with E-state index < -0.39 is 6.10 Å². The van der Waals surface area contributed by atoms with E-state index in [0.29, 0.717) is 27.2 Å². The molecule has 0 bridgehead atoms. The van der Waals surface area contributed by atoms with Gasteiger partial charge in [0.05, 0.1) is 16.8 Å². The van der Waals surface area contributed by atoms with Crippen LogP contribution in [0.1, 0.15) is 17.2 Å². The third-order valence-electron chi connectivity index (χ3n) is 2.93. The predicted molar refractivity (Wildman–Crippen MR) is 86.1 cm³/mol. The molecule has 0 aliphatic heterocycles. The number of nitrogens with one attached hydrogen (secondary N) is 1. The minimum atomic E-state index is -0.765. The second-order valence-electron chi connectivity index (χ2n) is 4.55. The summed E-state index contributed by atoms with van der Waals surface area (Å²) in [6.07, 6.45) is -0.765. The molecule has 5 heteroatoms. The topological polar surface area (TPSA) is 32.3 Å². The highest BCUT2D eigenvalue weighted by Crippen LogP contribution is 2.28. The van der Waals surface area contributed by atoms with E-state index in [1.165, 1.54) is 0 Å². The molecule has 0 aromatic heterocycles. The average Bonchev–Trinajstić information content (AvgIpc) is 2.40. The Kier molecular flexibility index (Phi) is 5.17. The maximum atomic E-state index is 10.2. The van der Waals surface area contributed by atoms with Gasteiger partial charge in [0.2, 0.25) is 0 Å². The van der Waals surface area contributed by atoms with Gasteiger partial charge in [-0.2, -0.15) is 0 Å². The zero-order valence-electron chi connectivity index (χ0n) is 10.8. The number of hydrogen-bond acceptors (Lipinski definition) is 2. The normalized spacial score (nSPS) is 12.2. The van der Waals surface area contributed by atoms with Crippen molar-refractivity contribution < 1.29 is 5.11 Å². The summed E-state index contributed by atoms with van der Waals surface area (Å²) in [5, 5.41) is 14.9. The Morgan fingerprint density at radius 3 is 2.50 bits per heavy atom. The summed E-state index contributed by atoms with van der Waals surface area (Å²) in [5.74, 6) is 0. The highest BCUT2D eigenvalue weighted by molar-refractivity contribution is 6.34. The number of aliphatic hydroxyl groups is 1. The molecule has 1 unspecified atom stereocenters. The minimum Gasteiger partial charge on any atom is -0.387 e. The summed E-state index contributed by atoms with van der Waals surface area (Å²) in [6, 6.07) is 10.7. The van der Waals surface area contributed by atoms with Crippen LogP contribution < -0.4 is 5.32 Å². The van der Waals surface area contributed by atoms with E-state index in [9.17, 15) is 5.11 Å². The van der Waals surface area contributed by atoms with E-state index in [4.69, 9.17) is 34.8 Å². The van der Waals surface area contributed by atoms with Gasteiger partial charge in [-0.15, -0.1) is 0 Å². The number of benzene rings is 2. The van der Waals surface area contributed by atoms with Crippen LogP contribution in [0.5, 0.6) is 0 Å². The fraction of sp³-hybridized carbons (Fsp3) is 0.200. The monoisotopic (exact) mass is 329 g/mol. The van der Waals surface area contributed by atoms with Crippen LogP contribution in [-0.4, -0.2) is 11.7 Å². The van der Waals surface area contributed by atoms with Crippen molar-refractivity contribution >= 4 is 40.5 Å². The van der Waals surface area contributed by atoms with Gasteiger partial charge in [-0.05, 0) is 42.8 Å². The second-order valence-corrected chi connectivity index (χ2v) is 5.80. The molecule has 0 saturated carbocycles. The molecule has 0 saturated heterocycles. The highest BCUT2D eigenvalue weighted by Gasteiger charge is 2.12. The standard InChI is InChI=1S/C15H14Cl3NO/c1-9-2-5-14(13(18)6-9)19-8-15(20)11-7-10(16)3-4-12(11)17/h2-7,15,19-20H,8H2,1H3. The van der Waals surface area contributed by atoms with Gasteiger partial charge in [-0.1, -0.05) is 40.9 Å². The molecule has 0 fully saturated rings. The van der Waals surface area contributed by atoms with Gasteiger partial charge in [0.1, 0.15) is 0 Å². The number of aryl methyl sites for hydroxylation is 1. The molecule has 0 spiro atoms. The maximum Gasteiger partial charge on any atom is 0.0977 e. The van der Waals surface area contributed by atoms with Crippen molar-refractivity contribution in [2.24, 2.45) is 0 Å². The third-order valence-corrected chi connectivity index (χ3v) is 3.82. The Hall–Kier alpha value is -0.930. The minimum absolute atomic E-state index is 0.294. The van der Waals surface area contributed by atoms with E-state index in [0.717, 1.165) is 11.3 Å². The lowest BCUT2D eigenvalue weighted by Crippen LogP contribution is -2.12. The van der Waals surface area contributed by atoms with E-state index in [1.807, 2.05) is 25.1 Å². The maximum absolute atomic E-state index is 10.2. The molecular formula is C15H14Cl3NO. The Balaban J connectivity index is 2.08. The van der Waals surface area contributed by atoms with Crippen molar-refractivity contribution in [3.8, 4) is 0 Å². The van der Waals surface area contributed by atoms with Crippen LogP contribution in [0.25, 0.3) is 0 Å². The molecular weight excluding hydrogens is 317 g/mol. The first kappa shape index (κ1) is 15.5. The molecule has 0 heterocycles. The van der Waals surface area contributed by atoms with Gasteiger partial charge in [-0.3, -0.25) is 0 Å². The van der Waals surface area contributed by atoms with Gasteiger partial charge in [-0.25, -0.2) is 0 Å². The molecule has 2 nitrogen and oxygen atoms in total. The Morgan fingerprint density at radius 2 is 1.80 bits per heavy atom. The van der Waals surface area contributed by atoms with Crippen LogP contribution in [0.4, 0.5) is 5.69 Å². The third kappa shape index (κ3) is 3.80. The fourth-order valence-corrected chi connectivity index (χ4v) is 2.58. The summed E-state index contributed by atoms with van der Waals surface area (Å²) in [5.41, 5.74) is 2.45. The van der Waals surface area contributed by atoms with Crippen LogP contribution in [0.15, 0.2) is 36.4 Å². The van der Waals surface area contributed by atoms with E-state index in [2.05, 4.69) is 5.32 Å². The largest absolute Gasteiger partial charge is 0.387 e. The lowest BCUT2D eigenvalue weighted by molar-refractivity contribution is 0.192.